The molecule has 2 aromatic carbocycles. The molecule has 0 fully saturated rings. The second kappa shape index (κ2) is 6.36. The molecular formula is C18H17N3O2. The second-order valence-electron chi connectivity index (χ2n) is 4.96. The number of nitrogen functional groups attached to an aromatic ring is 1. The van der Waals surface area contributed by atoms with Crippen LogP contribution in [0.3, 0.4) is 0 Å². The number of ether oxygens (including phenoxy) is 2. The number of hydrogen-bond donors (Lipinski definition) is 1. The molecule has 5 nitrogen and oxygen atoms in total. The summed E-state index contributed by atoms with van der Waals surface area (Å²) in [4.78, 5) is 8.93. The highest BCUT2D eigenvalue weighted by Crippen LogP contribution is 2.26. The fraction of sp³-hybridized carbons (Fsp3) is 0.111. The molecule has 0 unspecified atom stereocenters. The van der Waals surface area contributed by atoms with Crippen LogP contribution in [0.5, 0.6) is 11.5 Å². The van der Waals surface area contributed by atoms with E-state index in [1.807, 2.05) is 48.5 Å². The third-order valence-corrected chi connectivity index (χ3v) is 3.48. The van der Waals surface area contributed by atoms with Crippen LogP contribution in [0.1, 0.15) is 0 Å². The minimum atomic E-state index is 0.427. The van der Waals surface area contributed by atoms with Gasteiger partial charge >= 0.3 is 0 Å². The van der Waals surface area contributed by atoms with E-state index >= 15 is 0 Å². The van der Waals surface area contributed by atoms with Gasteiger partial charge in [0.1, 0.15) is 17.3 Å². The van der Waals surface area contributed by atoms with Crippen molar-refractivity contribution < 1.29 is 9.47 Å². The normalized spacial score (nSPS) is 10.3. The Bertz CT molecular complexity index is 734. The van der Waals surface area contributed by atoms with Gasteiger partial charge in [-0.15, -0.1) is 0 Å². The highest BCUT2D eigenvalue weighted by Gasteiger charge is 2.08. The van der Waals surface area contributed by atoms with E-state index in [-0.39, 0.29) is 0 Å². The van der Waals surface area contributed by atoms with Gasteiger partial charge in [0.2, 0.25) is 0 Å². The first-order valence-electron chi connectivity index (χ1n) is 7.13. The van der Waals surface area contributed by atoms with Crippen LogP contribution in [0.25, 0.3) is 22.6 Å². The summed E-state index contributed by atoms with van der Waals surface area (Å²) in [6.45, 7) is 0. The van der Waals surface area contributed by atoms with Gasteiger partial charge in [-0.25, -0.2) is 9.97 Å². The molecule has 1 heterocycles. The summed E-state index contributed by atoms with van der Waals surface area (Å²) in [6.07, 6.45) is 0. The monoisotopic (exact) mass is 307 g/mol. The van der Waals surface area contributed by atoms with Crippen molar-refractivity contribution in [2.24, 2.45) is 0 Å². The summed E-state index contributed by atoms with van der Waals surface area (Å²) < 4.78 is 10.3. The van der Waals surface area contributed by atoms with E-state index in [2.05, 4.69) is 9.97 Å². The van der Waals surface area contributed by atoms with Crippen molar-refractivity contribution in [3.05, 3.63) is 54.6 Å². The summed E-state index contributed by atoms with van der Waals surface area (Å²) in [5, 5.41) is 0. The van der Waals surface area contributed by atoms with E-state index in [1.165, 1.54) is 0 Å². The standard InChI is InChI=1S/C18H17N3O2/c1-22-14-7-3-12(4-8-14)16-11-17(19)21-18(20-16)13-5-9-15(23-2)10-6-13/h3-11H,1-2H3,(H2,19,20,21). The molecule has 1 aromatic heterocycles. The average molecular weight is 307 g/mol. The van der Waals surface area contributed by atoms with E-state index in [0.717, 1.165) is 28.3 Å². The lowest BCUT2D eigenvalue weighted by molar-refractivity contribution is 0.415. The van der Waals surface area contributed by atoms with Gasteiger partial charge in [0.05, 0.1) is 19.9 Å². The number of anilines is 1. The maximum absolute atomic E-state index is 5.95. The number of rotatable bonds is 4. The number of nitrogens with two attached hydrogens (primary N) is 1. The zero-order chi connectivity index (χ0) is 16.2. The van der Waals surface area contributed by atoms with Gasteiger partial charge in [0, 0.05) is 17.2 Å². The highest BCUT2D eigenvalue weighted by atomic mass is 16.5. The molecule has 0 radical (unpaired) electrons. The molecule has 0 aliphatic heterocycles. The average Bonchev–Trinajstić information content (AvgIpc) is 2.61. The van der Waals surface area contributed by atoms with Crippen LogP contribution in [0.4, 0.5) is 5.82 Å². The van der Waals surface area contributed by atoms with Crippen molar-refractivity contribution in [1.82, 2.24) is 9.97 Å². The zero-order valence-electron chi connectivity index (χ0n) is 13.0. The van der Waals surface area contributed by atoms with Gasteiger partial charge in [-0.3, -0.25) is 0 Å². The molecule has 0 bridgehead atoms. The molecule has 116 valence electrons. The van der Waals surface area contributed by atoms with Gasteiger partial charge in [-0.05, 0) is 48.5 Å². The lowest BCUT2D eigenvalue weighted by Crippen LogP contribution is -1.98. The van der Waals surface area contributed by atoms with E-state index in [4.69, 9.17) is 15.2 Å². The smallest absolute Gasteiger partial charge is 0.162 e. The predicted molar refractivity (Wildman–Crippen MR) is 90.4 cm³/mol. The van der Waals surface area contributed by atoms with Crippen LogP contribution >= 0.6 is 0 Å². The number of nitrogens with zero attached hydrogens (tertiary/aromatic N) is 2. The maximum Gasteiger partial charge on any atom is 0.162 e. The van der Waals surface area contributed by atoms with E-state index in [0.29, 0.717) is 11.6 Å². The largest absolute Gasteiger partial charge is 0.497 e. The molecule has 3 rings (SSSR count). The highest BCUT2D eigenvalue weighted by molar-refractivity contribution is 5.67. The molecule has 0 amide bonds. The van der Waals surface area contributed by atoms with Crippen molar-refractivity contribution in [2.75, 3.05) is 20.0 Å². The SMILES string of the molecule is COc1ccc(-c2cc(N)nc(-c3ccc(OC)cc3)n2)cc1. The molecule has 0 saturated heterocycles. The Balaban J connectivity index is 2.00. The lowest BCUT2D eigenvalue weighted by atomic mass is 10.1. The number of benzene rings is 2. The Hall–Kier alpha value is -3.08. The summed E-state index contributed by atoms with van der Waals surface area (Å²) >= 11 is 0. The van der Waals surface area contributed by atoms with E-state index in [9.17, 15) is 0 Å². The van der Waals surface area contributed by atoms with E-state index in [1.54, 1.807) is 20.3 Å². The minimum absolute atomic E-state index is 0.427. The number of aromatic nitrogens is 2. The predicted octanol–water partition coefficient (Wildman–Crippen LogP) is 3.41. The quantitative estimate of drug-likeness (QED) is 0.800. The molecule has 0 aliphatic rings. The van der Waals surface area contributed by atoms with Crippen molar-refractivity contribution in [1.29, 1.82) is 0 Å². The van der Waals surface area contributed by atoms with Gasteiger partial charge in [0.25, 0.3) is 0 Å². The minimum Gasteiger partial charge on any atom is -0.497 e. The van der Waals surface area contributed by atoms with Gasteiger partial charge in [-0.1, -0.05) is 0 Å². The molecule has 23 heavy (non-hydrogen) atoms. The summed E-state index contributed by atoms with van der Waals surface area (Å²) in [5.41, 5.74) is 8.55. The number of hydrogen-bond acceptors (Lipinski definition) is 5. The van der Waals surface area contributed by atoms with Gasteiger partial charge in [0.15, 0.2) is 5.82 Å². The zero-order valence-corrected chi connectivity index (χ0v) is 13.0. The Morgan fingerprint density at radius 2 is 1.26 bits per heavy atom. The Labute approximate surface area is 134 Å². The fourth-order valence-electron chi connectivity index (χ4n) is 2.24. The summed E-state index contributed by atoms with van der Waals surface area (Å²) in [7, 11) is 3.27. The second-order valence-corrected chi connectivity index (χ2v) is 4.96. The molecule has 0 atom stereocenters. The third kappa shape index (κ3) is 3.23. The first-order chi connectivity index (χ1) is 11.2. The lowest BCUT2D eigenvalue weighted by Gasteiger charge is -2.08. The molecule has 5 heteroatoms. The van der Waals surface area contributed by atoms with Gasteiger partial charge < -0.3 is 15.2 Å². The topological polar surface area (TPSA) is 70.3 Å². The summed E-state index contributed by atoms with van der Waals surface area (Å²) in [5.74, 6) is 2.59. The van der Waals surface area contributed by atoms with Crippen LogP contribution < -0.4 is 15.2 Å². The van der Waals surface area contributed by atoms with Gasteiger partial charge in [-0.2, -0.15) is 0 Å². The van der Waals surface area contributed by atoms with Crippen molar-refractivity contribution in [2.45, 2.75) is 0 Å². The van der Waals surface area contributed by atoms with Crippen LogP contribution in [0.15, 0.2) is 54.6 Å². The van der Waals surface area contributed by atoms with Crippen LogP contribution in [-0.2, 0) is 0 Å². The molecule has 0 aliphatic carbocycles. The molecule has 2 N–H and O–H groups in total. The van der Waals surface area contributed by atoms with Crippen molar-refractivity contribution in [3.8, 4) is 34.1 Å². The number of methoxy groups -OCH3 is 2. The van der Waals surface area contributed by atoms with Crippen molar-refractivity contribution in [3.63, 3.8) is 0 Å². The van der Waals surface area contributed by atoms with E-state index < -0.39 is 0 Å². The Morgan fingerprint density at radius 3 is 1.78 bits per heavy atom. The van der Waals surface area contributed by atoms with Crippen LogP contribution in [-0.4, -0.2) is 24.2 Å². The first-order valence-corrected chi connectivity index (χ1v) is 7.13. The van der Waals surface area contributed by atoms with Crippen LogP contribution in [0, 0.1) is 0 Å². The Kier molecular flexibility index (Phi) is 4.10. The van der Waals surface area contributed by atoms with Crippen molar-refractivity contribution >= 4 is 5.82 Å². The summed E-state index contributed by atoms with van der Waals surface area (Å²) in [6, 6.07) is 17.0. The molecular weight excluding hydrogens is 290 g/mol. The third-order valence-electron chi connectivity index (χ3n) is 3.48. The maximum atomic E-state index is 5.95. The van der Waals surface area contributed by atoms with Crippen LogP contribution in [0.2, 0.25) is 0 Å². The fourth-order valence-corrected chi connectivity index (χ4v) is 2.24. The molecule has 0 saturated carbocycles. The molecule has 0 spiro atoms. The first kappa shape index (κ1) is 14.8. The molecule has 3 aromatic rings. The Morgan fingerprint density at radius 1 is 0.739 bits per heavy atom.